The maximum absolute atomic E-state index is 12.6. The van der Waals surface area contributed by atoms with Crippen molar-refractivity contribution in [3.8, 4) is 11.4 Å². The highest BCUT2D eigenvalue weighted by atomic mass is 32.2. The van der Waals surface area contributed by atoms with Crippen LogP contribution in [0.4, 0.5) is 5.69 Å². The molecule has 0 bridgehead atoms. The van der Waals surface area contributed by atoms with E-state index >= 15 is 0 Å². The summed E-state index contributed by atoms with van der Waals surface area (Å²) in [5.41, 5.74) is 2.78. The second-order valence-electron chi connectivity index (χ2n) is 6.98. The minimum absolute atomic E-state index is 0.0261. The van der Waals surface area contributed by atoms with Crippen LogP contribution in [0.2, 0.25) is 0 Å². The Kier molecular flexibility index (Phi) is 7.88. The molecule has 1 aromatic carbocycles. The summed E-state index contributed by atoms with van der Waals surface area (Å²) in [6.07, 6.45) is 0.898. The maximum Gasteiger partial charge on any atom is 0.339 e. The molecule has 2 aromatic heterocycles. The number of carbonyl (C=O) groups is 3. The first-order valence-electron chi connectivity index (χ1n) is 10.0. The third-order valence-electron chi connectivity index (χ3n) is 4.99. The zero-order valence-electron chi connectivity index (χ0n) is 18.9. The molecule has 3 aromatic rings. The van der Waals surface area contributed by atoms with Gasteiger partial charge in [-0.3, -0.25) is 4.79 Å². The molecule has 9 nitrogen and oxygen atoms in total. The number of nitrogens with one attached hydrogen (secondary N) is 1. The highest BCUT2D eigenvalue weighted by Gasteiger charge is 2.20. The van der Waals surface area contributed by atoms with Crippen LogP contribution < -0.4 is 5.32 Å². The Morgan fingerprint density at radius 3 is 2.55 bits per heavy atom. The van der Waals surface area contributed by atoms with Crippen LogP contribution >= 0.6 is 23.1 Å². The summed E-state index contributed by atoms with van der Waals surface area (Å²) >= 11 is 2.89. The molecule has 0 atom stereocenters. The highest BCUT2D eigenvalue weighted by molar-refractivity contribution is 7.99. The molecule has 0 radical (unpaired) electrons. The number of benzene rings is 1. The molecule has 3 rings (SSSR count). The van der Waals surface area contributed by atoms with Crippen molar-refractivity contribution in [2.45, 2.75) is 25.4 Å². The van der Waals surface area contributed by atoms with Crippen LogP contribution in [0.1, 0.15) is 38.1 Å². The van der Waals surface area contributed by atoms with Crippen molar-refractivity contribution in [1.82, 2.24) is 14.8 Å². The highest BCUT2D eigenvalue weighted by Crippen LogP contribution is 2.32. The molecule has 2 heterocycles. The van der Waals surface area contributed by atoms with E-state index in [4.69, 9.17) is 9.47 Å². The lowest BCUT2D eigenvalue weighted by Crippen LogP contribution is -2.18. The van der Waals surface area contributed by atoms with E-state index in [1.165, 1.54) is 54.6 Å². The molecule has 0 saturated carbocycles. The van der Waals surface area contributed by atoms with Crippen molar-refractivity contribution in [3.05, 3.63) is 45.1 Å². The van der Waals surface area contributed by atoms with Gasteiger partial charge in [-0.15, -0.1) is 21.5 Å². The summed E-state index contributed by atoms with van der Waals surface area (Å²) in [5.74, 6) is -0.823. The van der Waals surface area contributed by atoms with Crippen LogP contribution in [0.15, 0.2) is 28.7 Å². The fourth-order valence-electron chi connectivity index (χ4n) is 3.28. The number of ether oxygens (including phenoxy) is 2. The van der Waals surface area contributed by atoms with Gasteiger partial charge in [0.1, 0.15) is 0 Å². The van der Waals surface area contributed by atoms with Crippen LogP contribution in [0.25, 0.3) is 11.4 Å². The lowest BCUT2D eigenvalue weighted by molar-refractivity contribution is -0.113. The summed E-state index contributed by atoms with van der Waals surface area (Å²) in [6.45, 7) is 4.19. The summed E-state index contributed by atoms with van der Waals surface area (Å²) < 4.78 is 11.3. The number of nitrogens with zero attached hydrogens (tertiary/aromatic N) is 3. The van der Waals surface area contributed by atoms with Gasteiger partial charge in [-0.1, -0.05) is 18.7 Å². The van der Waals surface area contributed by atoms with Crippen molar-refractivity contribution in [2.75, 3.05) is 25.3 Å². The Bertz CT molecular complexity index is 1200. The topological polar surface area (TPSA) is 112 Å². The second kappa shape index (κ2) is 10.6. The molecule has 0 unspecified atom stereocenters. The van der Waals surface area contributed by atoms with Gasteiger partial charge in [0.15, 0.2) is 11.0 Å². The van der Waals surface area contributed by atoms with Crippen LogP contribution in [-0.4, -0.2) is 52.6 Å². The Morgan fingerprint density at radius 2 is 1.88 bits per heavy atom. The Hall–Kier alpha value is -3.18. The normalized spacial score (nSPS) is 10.7. The van der Waals surface area contributed by atoms with E-state index in [-0.39, 0.29) is 28.5 Å². The molecule has 0 spiro atoms. The molecule has 11 heteroatoms. The summed E-state index contributed by atoms with van der Waals surface area (Å²) in [6, 6.07) is 4.22. The van der Waals surface area contributed by atoms with E-state index in [0.29, 0.717) is 5.16 Å². The molecule has 1 N–H and O–H groups in total. The number of anilines is 1. The SMILES string of the molecule is CCc1c(-c2nnc(SCC(=O)Nc3cc(C(=O)OC)ccc3C(=O)OC)n2C)csc1C. The number of esters is 2. The third-order valence-corrected chi connectivity index (χ3v) is 6.96. The van der Waals surface area contributed by atoms with Crippen molar-refractivity contribution in [3.63, 3.8) is 0 Å². The first kappa shape index (κ1) is 24.5. The van der Waals surface area contributed by atoms with Gasteiger partial charge in [0.05, 0.1) is 36.8 Å². The Morgan fingerprint density at radius 1 is 1.15 bits per heavy atom. The van der Waals surface area contributed by atoms with Crippen LogP contribution in [0.3, 0.4) is 0 Å². The van der Waals surface area contributed by atoms with Gasteiger partial charge < -0.3 is 19.4 Å². The molecule has 174 valence electrons. The molecular weight excluding hydrogens is 464 g/mol. The lowest BCUT2D eigenvalue weighted by atomic mass is 10.1. The standard InChI is InChI=1S/C22H24N4O5S2/c1-6-14-12(2)32-10-16(14)19-24-25-22(26(19)3)33-11-18(27)23-17-9-13(20(28)30-4)7-8-15(17)21(29)31-5/h7-10H,6,11H2,1-5H3,(H,23,27). The fourth-order valence-corrected chi connectivity index (χ4v) is 4.93. The molecule has 0 aliphatic carbocycles. The maximum atomic E-state index is 12.6. The lowest BCUT2D eigenvalue weighted by Gasteiger charge is -2.11. The average Bonchev–Trinajstić information content (AvgIpc) is 3.37. The number of rotatable bonds is 8. The molecule has 0 aliphatic rings. The molecule has 0 aliphatic heterocycles. The summed E-state index contributed by atoms with van der Waals surface area (Å²) in [4.78, 5) is 37.8. The monoisotopic (exact) mass is 488 g/mol. The zero-order valence-corrected chi connectivity index (χ0v) is 20.6. The number of aryl methyl sites for hydroxylation is 1. The van der Waals surface area contributed by atoms with Gasteiger partial charge in [0.2, 0.25) is 5.91 Å². The summed E-state index contributed by atoms with van der Waals surface area (Å²) in [5, 5.41) is 13.9. The van der Waals surface area contributed by atoms with Crippen molar-refractivity contribution in [2.24, 2.45) is 7.05 Å². The predicted octanol–water partition coefficient (Wildman–Crippen LogP) is 3.72. The van der Waals surface area contributed by atoms with E-state index in [0.717, 1.165) is 17.8 Å². The van der Waals surface area contributed by atoms with Crippen LogP contribution in [0.5, 0.6) is 0 Å². The smallest absolute Gasteiger partial charge is 0.339 e. The van der Waals surface area contributed by atoms with Crippen molar-refractivity contribution >= 4 is 46.6 Å². The van der Waals surface area contributed by atoms with Crippen LogP contribution in [0, 0.1) is 6.92 Å². The number of hydrogen-bond acceptors (Lipinski definition) is 9. The minimum Gasteiger partial charge on any atom is -0.465 e. The largest absolute Gasteiger partial charge is 0.465 e. The first-order valence-corrected chi connectivity index (χ1v) is 11.9. The number of aromatic nitrogens is 3. The van der Waals surface area contributed by atoms with Crippen molar-refractivity contribution < 1.29 is 23.9 Å². The molecule has 1 amide bonds. The van der Waals surface area contributed by atoms with Crippen LogP contribution in [-0.2, 0) is 27.7 Å². The zero-order chi connectivity index (χ0) is 24.1. The number of thioether (sulfide) groups is 1. The molecule has 33 heavy (non-hydrogen) atoms. The van der Waals surface area contributed by atoms with E-state index in [1.807, 2.05) is 11.6 Å². The molecule has 0 fully saturated rings. The molecular formula is C22H24N4O5S2. The van der Waals surface area contributed by atoms with E-state index in [9.17, 15) is 14.4 Å². The average molecular weight is 489 g/mol. The number of hydrogen-bond donors (Lipinski definition) is 1. The molecule has 0 saturated heterocycles. The number of carbonyl (C=O) groups excluding carboxylic acids is 3. The predicted molar refractivity (Wildman–Crippen MR) is 127 cm³/mol. The van der Waals surface area contributed by atoms with E-state index in [2.05, 4.69) is 34.7 Å². The summed E-state index contributed by atoms with van der Waals surface area (Å²) in [7, 11) is 4.35. The first-order chi connectivity index (χ1) is 15.8. The second-order valence-corrected chi connectivity index (χ2v) is 9.01. The van der Waals surface area contributed by atoms with Gasteiger partial charge in [0, 0.05) is 22.9 Å². The third kappa shape index (κ3) is 5.25. The number of amides is 1. The Labute approximate surface area is 199 Å². The van der Waals surface area contributed by atoms with Gasteiger partial charge >= 0.3 is 11.9 Å². The van der Waals surface area contributed by atoms with Crippen molar-refractivity contribution in [1.29, 1.82) is 0 Å². The Balaban J connectivity index is 1.75. The fraction of sp³-hybridized carbons (Fsp3) is 0.318. The van der Waals surface area contributed by atoms with Gasteiger partial charge in [-0.25, -0.2) is 9.59 Å². The van der Waals surface area contributed by atoms with Gasteiger partial charge in [-0.05, 0) is 37.1 Å². The minimum atomic E-state index is -0.634. The quantitative estimate of drug-likeness (QED) is 0.377. The van der Waals surface area contributed by atoms with Gasteiger partial charge in [0.25, 0.3) is 0 Å². The van der Waals surface area contributed by atoms with E-state index in [1.54, 1.807) is 11.3 Å². The number of methoxy groups -OCH3 is 2. The van der Waals surface area contributed by atoms with Gasteiger partial charge in [-0.2, -0.15) is 0 Å². The van der Waals surface area contributed by atoms with E-state index < -0.39 is 11.9 Å². The number of thiophene rings is 1.